The van der Waals surface area contributed by atoms with Gasteiger partial charge in [0.1, 0.15) is 0 Å². The average Bonchev–Trinajstić information content (AvgIpc) is 3.63. The molecule has 6 aliphatic rings. The highest BCUT2D eigenvalue weighted by Gasteiger charge is 2.90. The quantitative estimate of drug-likeness (QED) is 0.172. The maximum Gasteiger partial charge on any atom is 0.0543 e. The third-order valence-corrected chi connectivity index (χ3v) is 16.0. The van der Waals surface area contributed by atoms with E-state index < -0.39 is 0 Å². The van der Waals surface area contributed by atoms with Gasteiger partial charge in [-0.1, -0.05) is 141 Å². The molecule has 0 radical (unpaired) electrons. The molecule has 2 spiro atoms. The van der Waals surface area contributed by atoms with Crippen LogP contribution in [0, 0.1) is 29.1 Å². The maximum atomic E-state index is 2.58. The van der Waals surface area contributed by atoms with Crippen LogP contribution in [0.4, 0.5) is 17.1 Å². The molecule has 0 aliphatic heterocycles. The van der Waals surface area contributed by atoms with E-state index in [0.717, 1.165) is 23.7 Å². The molecule has 0 aromatic heterocycles. The summed E-state index contributed by atoms with van der Waals surface area (Å²) in [5, 5.41) is 0. The van der Waals surface area contributed by atoms with Gasteiger partial charge in [-0.25, -0.2) is 0 Å². The fourth-order valence-corrected chi connectivity index (χ4v) is 13.7. The van der Waals surface area contributed by atoms with Crippen LogP contribution in [0.15, 0.2) is 164 Å². The second-order valence-electron chi connectivity index (χ2n) is 18.1. The molecule has 0 amide bonds. The molecule has 6 aliphatic carbocycles. The Morgan fingerprint density at radius 2 is 1.00 bits per heavy atom. The third-order valence-electron chi connectivity index (χ3n) is 16.0. The molecule has 0 N–H and O–H groups in total. The zero-order chi connectivity index (χ0) is 36.3. The predicted molar refractivity (Wildman–Crippen MR) is 226 cm³/mol. The molecule has 1 nitrogen and oxygen atoms in total. The van der Waals surface area contributed by atoms with Gasteiger partial charge in [0.25, 0.3) is 0 Å². The van der Waals surface area contributed by atoms with E-state index in [1.54, 1.807) is 11.1 Å². The molecular weight excluding hydrogens is 663 g/mol. The number of benzene rings is 7. The van der Waals surface area contributed by atoms with Crippen molar-refractivity contribution in [2.45, 2.75) is 43.9 Å². The van der Waals surface area contributed by atoms with E-state index in [4.69, 9.17) is 0 Å². The Morgan fingerprint density at radius 1 is 0.436 bits per heavy atom. The van der Waals surface area contributed by atoms with Crippen LogP contribution in [-0.2, 0) is 10.8 Å². The molecule has 13 rings (SSSR count). The molecule has 0 heterocycles. The lowest BCUT2D eigenvalue weighted by Gasteiger charge is -2.92. The molecule has 0 bridgehead atoms. The molecule has 7 aromatic rings. The van der Waals surface area contributed by atoms with Crippen molar-refractivity contribution in [1.29, 1.82) is 0 Å². The summed E-state index contributed by atoms with van der Waals surface area (Å²) in [6.07, 6.45) is 4.33. The highest BCUT2D eigenvalue weighted by Crippen LogP contribution is 2.94. The van der Waals surface area contributed by atoms with Gasteiger partial charge in [-0.2, -0.15) is 0 Å². The molecule has 4 unspecified atom stereocenters. The first-order chi connectivity index (χ1) is 27.0. The molecule has 55 heavy (non-hydrogen) atoms. The Kier molecular flexibility index (Phi) is 5.76. The minimum atomic E-state index is -0.0785. The summed E-state index contributed by atoms with van der Waals surface area (Å²) in [5.41, 5.74) is 21.1. The molecule has 4 atom stereocenters. The first-order valence-electron chi connectivity index (χ1n) is 20.5. The molecule has 1 heteroatoms. The van der Waals surface area contributed by atoms with Crippen LogP contribution in [0.2, 0.25) is 0 Å². The lowest BCUT2D eigenvalue weighted by atomic mass is 9.11. The van der Waals surface area contributed by atoms with Gasteiger partial charge in [0.05, 0.1) is 5.69 Å². The average molecular weight is 706 g/mol. The van der Waals surface area contributed by atoms with E-state index in [2.05, 4.69) is 183 Å². The Morgan fingerprint density at radius 3 is 1.71 bits per heavy atom. The highest BCUT2D eigenvalue weighted by atomic mass is 15.1. The number of rotatable bonds is 5. The van der Waals surface area contributed by atoms with E-state index in [0.29, 0.717) is 5.41 Å². The van der Waals surface area contributed by atoms with Crippen LogP contribution in [0.25, 0.3) is 44.5 Å². The lowest BCUT2D eigenvalue weighted by molar-refractivity contribution is -0.412. The molecular formula is C54H43N. The Bertz CT molecular complexity index is 2720. The Hall–Kier alpha value is -5.66. The van der Waals surface area contributed by atoms with Crippen LogP contribution in [-0.4, -0.2) is 0 Å². The largest absolute Gasteiger partial charge is 0.310 e. The van der Waals surface area contributed by atoms with Gasteiger partial charge in [-0.15, -0.1) is 0 Å². The maximum absolute atomic E-state index is 2.58. The van der Waals surface area contributed by atoms with Gasteiger partial charge >= 0.3 is 0 Å². The fourth-order valence-electron chi connectivity index (χ4n) is 13.7. The molecule has 264 valence electrons. The second-order valence-corrected chi connectivity index (χ2v) is 18.1. The summed E-state index contributed by atoms with van der Waals surface area (Å²) < 4.78 is 0. The van der Waals surface area contributed by atoms with Crippen molar-refractivity contribution in [3.8, 4) is 44.5 Å². The van der Waals surface area contributed by atoms with Gasteiger partial charge in [-0.05, 0) is 146 Å². The SMILES string of the molecule is CC1(C)c2ccccc2-c2c(N(c3ccc(-c4ccccc4)cc3)c3ccc4c(c3)-c3cc(-c5ccccc5)ccc3C43C4CC5CC6CC3C564)cccc21. The van der Waals surface area contributed by atoms with Crippen molar-refractivity contribution < 1.29 is 0 Å². The van der Waals surface area contributed by atoms with E-state index in [1.165, 1.54) is 92.0 Å². The topological polar surface area (TPSA) is 3.24 Å². The summed E-state index contributed by atoms with van der Waals surface area (Å²) in [5.74, 6) is 3.58. The number of hydrogen-bond acceptors (Lipinski definition) is 1. The van der Waals surface area contributed by atoms with E-state index in [9.17, 15) is 0 Å². The summed E-state index contributed by atoms with van der Waals surface area (Å²) in [4.78, 5) is 2.56. The zero-order valence-corrected chi connectivity index (χ0v) is 31.5. The molecule has 4 saturated carbocycles. The van der Waals surface area contributed by atoms with Crippen LogP contribution in [0.5, 0.6) is 0 Å². The standard InChI is InChI=1S/C54H43N/c1-52(2)44-17-10-9-16-41(44)51-47(52)18-11-19-48(51)55(39-23-20-35(21-24-39)33-12-5-3-6-13-33)40-25-27-46-43(32-40)42-28-36(34-14-7-4-8-15-34)22-26-45(42)54(46)49-30-37-29-38-31-50(54)53(37,38)49/h3-28,32,37-38,49-50H,29-31H2,1-2H3. The zero-order valence-electron chi connectivity index (χ0n) is 31.5. The van der Waals surface area contributed by atoms with Gasteiger partial charge in [-0.3, -0.25) is 0 Å². The predicted octanol–water partition coefficient (Wildman–Crippen LogP) is 13.7. The van der Waals surface area contributed by atoms with Crippen molar-refractivity contribution in [3.05, 3.63) is 186 Å². The lowest BCUT2D eigenvalue weighted by Crippen LogP contribution is -2.88. The summed E-state index contributed by atoms with van der Waals surface area (Å²) in [6.45, 7) is 4.78. The van der Waals surface area contributed by atoms with Crippen molar-refractivity contribution in [2.75, 3.05) is 4.90 Å². The molecule has 0 saturated heterocycles. The Balaban J connectivity index is 1.03. The van der Waals surface area contributed by atoms with Crippen LogP contribution in [0.3, 0.4) is 0 Å². The van der Waals surface area contributed by atoms with Crippen LogP contribution in [0.1, 0.15) is 55.4 Å². The van der Waals surface area contributed by atoms with Gasteiger partial charge in [0.15, 0.2) is 0 Å². The van der Waals surface area contributed by atoms with Gasteiger partial charge in [0, 0.05) is 27.8 Å². The van der Waals surface area contributed by atoms with Crippen molar-refractivity contribution in [1.82, 2.24) is 0 Å². The first kappa shape index (κ1) is 30.6. The highest BCUT2D eigenvalue weighted by molar-refractivity contribution is 5.97. The van der Waals surface area contributed by atoms with Crippen molar-refractivity contribution in [2.24, 2.45) is 29.1 Å². The smallest absolute Gasteiger partial charge is 0.0543 e. The summed E-state index contributed by atoms with van der Waals surface area (Å²) in [7, 11) is 0. The number of anilines is 3. The Labute approximate surface area is 324 Å². The number of nitrogens with zero attached hydrogens (tertiary/aromatic N) is 1. The van der Waals surface area contributed by atoms with E-state index in [-0.39, 0.29) is 10.8 Å². The monoisotopic (exact) mass is 705 g/mol. The minimum absolute atomic E-state index is 0.0785. The van der Waals surface area contributed by atoms with Crippen LogP contribution < -0.4 is 4.90 Å². The normalized spacial score (nSPS) is 27.2. The number of hydrogen-bond donors (Lipinski definition) is 0. The van der Waals surface area contributed by atoms with Gasteiger partial charge in [0.2, 0.25) is 0 Å². The van der Waals surface area contributed by atoms with Crippen molar-refractivity contribution in [3.63, 3.8) is 0 Å². The fraction of sp³-hybridized carbons (Fsp3) is 0.222. The van der Waals surface area contributed by atoms with Crippen molar-refractivity contribution >= 4 is 17.1 Å². The first-order valence-corrected chi connectivity index (χ1v) is 20.5. The molecule has 7 aromatic carbocycles. The van der Waals surface area contributed by atoms with E-state index in [1.807, 2.05) is 0 Å². The van der Waals surface area contributed by atoms with E-state index >= 15 is 0 Å². The van der Waals surface area contributed by atoms with Gasteiger partial charge < -0.3 is 4.90 Å². The molecule has 4 fully saturated rings. The number of fused-ring (bicyclic) bond motifs is 10. The van der Waals surface area contributed by atoms with Crippen LogP contribution >= 0.6 is 0 Å². The summed E-state index contributed by atoms with van der Waals surface area (Å²) in [6, 6.07) is 62.2. The minimum Gasteiger partial charge on any atom is -0.310 e. The third kappa shape index (κ3) is 3.54. The summed E-state index contributed by atoms with van der Waals surface area (Å²) >= 11 is 0. The second kappa shape index (κ2) is 10.3.